The molecule has 8 heteroatoms. The summed E-state index contributed by atoms with van der Waals surface area (Å²) in [6.45, 7) is 2.96. The van der Waals surface area contributed by atoms with E-state index in [-0.39, 0.29) is 23.6 Å². The third kappa shape index (κ3) is 4.51. The van der Waals surface area contributed by atoms with Crippen LogP contribution in [0.15, 0.2) is 58.5 Å². The van der Waals surface area contributed by atoms with Gasteiger partial charge < -0.3 is 4.74 Å². The van der Waals surface area contributed by atoms with Crippen LogP contribution in [0.3, 0.4) is 0 Å². The van der Waals surface area contributed by atoms with Crippen LogP contribution in [-0.4, -0.2) is 26.8 Å². The number of hydrogen-bond acceptors (Lipinski definition) is 6. The summed E-state index contributed by atoms with van der Waals surface area (Å²) in [6, 6.07) is 13.6. The molecule has 0 saturated heterocycles. The van der Waals surface area contributed by atoms with Gasteiger partial charge in [0.25, 0.3) is 5.56 Å². The van der Waals surface area contributed by atoms with Gasteiger partial charge in [0, 0.05) is 18.4 Å². The number of rotatable bonds is 9. The molecule has 1 aromatic heterocycles. The Bertz CT molecular complexity index is 1040. The number of thioether (sulfide) groups is 1. The topological polar surface area (TPSA) is 87.3 Å². The average Bonchev–Trinajstić information content (AvgIpc) is 2.71. The molecule has 7 nitrogen and oxygen atoms in total. The minimum absolute atomic E-state index is 0.0406. The van der Waals surface area contributed by atoms with E-state index in [1.165, 1.54) is 17.8 Å². The lowest BCUT2D eigenvalue weighted by Gasteiger charge is -2.13. The Balaban J connectivity index is 1.75. The minimum Gasteiger partial charge on any atom is -0.486 e. The fourth-order valence-electron chi connectivity index (χ4n) is 2.79. The Kier molecular flexibility index (Phi) is 6.65. The van der Waals surface area contributed by atoms with Crippen molar-refractivity contribution < 1.29 is 9.66 Å². The Morgan fingerprint density at radius 2 is 1.93 bits per heavy atom. The zero-order valence-electron chi connectivity index (χ0n) is 15.5. The molecule has 146 valence electrons. The SMILES string of the molecule is CCCCn1c(SCCOc2ccccc2[N+](=O)[O-])nc2ccccc2c1=O. The summed E-state index contributed by atoms with van der Waals surface area (Å²) < 4.78 is 7.29. The van der Waals surface area contributed by atoms with Crippen LogP contribution in [0.25, 0.3) is 10.9 Å². The average molecular weight is 399 g/mol. The second kappa shape index (κ2) is 9.36. The maximum atomic E-state index is 12.8. The molecular weight excluding hydrogens is 378 g/mol. The minimum atomic E-state index is -0.463. The fraction of sp³-hybridized carbons (Fsp3) is 0.300. The van der Waals surface area contributed by atoms with Gasteiger partial charge in [0.15, 0.2) is 10.9 Å². The smallest absolute Gasteiger partial charge is 0.310 e. The fourth-order valence-corrected chi connectivity index (χ4v) is 3.63. The van der Waals surface area contributed by atoms with Gasteiger partial charge in [-0.3, -0.25) is 19.5 Å². The first-order valence-corrected chi connectivity index (χ1v) is 10.1. The van der Waals surface area contributed by atoms with Crippen LogP contribution < -0.4 is 10.3 Å². The second-order valence-electron chi connectivity index (χ2n) is 6.14. The molecule has 0 bridgehead atoms. The highest BCUT2D eigenvalue weighted by molar-refractivity contribution is 7.99. The zero-order chi connectivity index (χ0) is 19.9. The van der Waals surface area contributed by atoms with Crippen molar-refractivity contribution in [2.45, 2.75) is 31.5 Å². The number of benzene rings is 2. The highest BCUT2D eigenvalue weighted by atomic mass is 32.2. The van der Waals surface area contributed by atoms with Crippen LogP contribution in [0.2, 0.25) is 0 Å². The first-order chi connectivity index (χ1) is 13.6. The summed E-state index contributed by atoms with van der Waals surface area (Å²) in [7, 11) is 0. The molecule has 0 fully saturated rings. The quantitative estimate of drug-likeness (QED) is 0.175. The van der Waals surface area contributed by atoms with Gasteiger partial charge in [-0.25, -0.2) is 4.98 Å². The molecule has 0 aliphatic rings. The Hall–Kier alpha value is -2.87. The van der Waals surface area contributed by atoms with E-state index in [0.29, 0.717) is 28.4 Å². The number of fused-ring (bicyclic) bond motifs is 1. The number of hydrogen-bond donors (Lipinski definition) is 0. The van der Waals surface area contributed by atoms with Crippen molar-refractivity contribution >= 4 is 28.4 Å². The van der Waals surface area contributed by atoms with Crippen molar-refractivity contribution in [1.82, 2.24) is 9.55 Å². The van der Waals surface area contributed by atoms with E-state index < -0.39 is 4.92 Å². The van der Waals surface area contributed by atoms with Gasteiger partial charge >= 0.3 is 5.69 Å². The molecule has 1 heterocycles. The molecule has 0 saturated carbocycles. The Labute approximate surface area is 166 Å². The van der Waals surface area contributed by atoms with Crippen molar-refractivity contribution in [1.29, 1.82) is 0 Å². The van der Waals surface area contributed by atoms with Gasteiger partial charge in [0.1, 0.15) is 0 Å². The number of unbranched alkanes of at least 4 members (excludes halogenated alkanes) is 1. The number of aromatic nitrogens is 2. The van der Waals surface area contributed by atoms with E-state index in [1.807, 2.05) is 18.2 Å². The van der Waals surface area contributed by atoms with Gasteiger partial charge in [-0.2, -0.15) is 0 Å². The van der Waals surface area contributed by atoms with E-state index in [1.54, 1.807) is 28.8 Å². The van der Waals surface area contributed by atoms with Gasteiger partial charge in [0.05, 0.1) is 22.4 Å². The maximum Gasteiger partial charge on any atom is 0.310 e. The lowest BCUT2D eigenvalue weighted by molar-refractivity contribution is -0.385. The maximum absolute atomic E-state index is 12.8. The van der Waals surface area contributed by atoms with Crippen LogP contribution in [-0.2, 0) is 6.54 Å². The van der Waals surface area contributed by atoms with Gasteiger partial charge in [-0.15, -0.1) is 0 Å². The molecule has 0 atom stereocenters. The summed E-state index contributed by atoms with van der Waals surface area (Å²) in [5, 5.41) is 12.3. The molecule has 0 aliphatic carbocycles. The zero-order valence-corrected chi connectivity index (χ0v) is 16.4. The van der Waals surface area contributed by atoms with E-state index >= 15 is 0 Å². The number of ether oxygens (including phenoxy) is 1. The van der Waals surface area contributed by atoms with Crippen molar-refractivity contribution in [3.05, 3.63) is 69.0 Å². The first-order valence-electron chi connectivity index (χ1n) is 9.10. The van der Waals surface area contributed by atoms with Crippen LogP contribution >= 0.6 is 11.8 Å². The van der Waals surface area contributed by atoms with E-state index in [9.17, 15) is 14.9 Å². The Morgan fingerprint density at radius 3 is 2.71 bits per heavy atom. The van der Waals surface area contributed by atoms with Crippen molar-refractivity contribution in [2.24, 2.45) is 0 Å². The predicted octanol–water partition coefficient (Wildman–Crippen LogP) is 4.28. The normalized spacial score (nSPS) is 10.9. The van der Waals surface area contributed by atoms with Crippen molar-refractivity contribution in [3.8, 4) is 5.75 Å². The van der Waals surface area contributed by atoms with Crippen LogP contribution in [0.5, 0.6) is 5.75 Å². The predicted molar refractivity (Wildman–Crippen MR) is 110 cm³/mol. The summed E-state index contributed by atoms with van der Waals surface area (Å²) >= 11 is 1.42. The molecule has 0 amide bonds. The van der Waals surface area contributed by atoms with E-state index in [0.717, 1.165) is 12.8 Å². The lowest BCUT2D eigenvalue weighted by atomic mass is 10.2. The monoisotopic (exact) mass is 399 g/mol. The molecule has 0 N–H and O–H groups in total. The highest BCUT2D eigenvalue weighted by Gasteiger charge is 2.14. The standard InChI is InChI=1S/C20H21N3O4S/c1-2-3-12-22-19(24)15-8-4-5-9-16(15)21-20(22)28-14-13-27-18-11-7-6-10-17(18)23(25)26/h4-11H,2-3,12-14H2,1H3. The number of para-hydroxylation sites is 3. The van der Waals surface area contributed by atoms with Crippen LogP contribution in [0.1, 0.15) is 19.8 Å². The van der Waals surface area contributed by atoms with Crippen LogP contribution in [0.4, 0.5) is 5.69 Å². The third-order valence-electron chi connectivity index (χ3n) is 4.20. The molecule has 3 rings (SSSR count). The Morgan fingerprint density at radius 1 is 1.18 bits per heavy atom. The highest BCUT2D eigenvalue weighted by Crippen LogP contribution is 2.26. The van der Waals surface area contributed by atoms with E-state index in [2.05, 4.69) is 11.9 Å². The molecule has 0 unspecified atom stereocenters. The molecule has 0 aliphatic heterocycles. The first kappa shape index (κ1) is 19.9. The van der Waals surface area contributed by atoms with Crippen molar-refractivity contribution in [3.63, 3.8) is 0 Å². The molecule has 0 radical (unpaired) electrons. The summed E-state index contributed by atoms with van der Waals surface area (Å²) in [5.41, 5.74) is 0.569. The molecule has 3 aromatic rings. The largest absolute Gasteiger partial charge is 0.486 e. The van der Waals surface area contributed by atoms with Gasteiger partial charge in [0.2, 0.25) is 0 Å². The molecule has 2 aromatic carbocycles. The number of nitro benzene ring substituents is 1. The summed E-state index contributed by atoms with van der Waals surface area (Å²) in [6.07, 6.45) is 1.87. The third-order valence-corrected chi connectivity index (χ3v) is 5.14. The molecular formula is C20H21N3O4S. The molecule has 28 heavy (non-hydrogen) atoms. The summed E-state index contributed by atoms with van der Waals surface area (Å²) in [4.78, 5) is 28.1. The van der Waals surface area contributed by atoms with Crippen LogP contribution in [0, 0.1) is 10.1 Å². The number of nitrogens with zero attached hydrogens (tertiary/aromatic N) is 3. The number of nitro groups is 1. The van der Waals surface area contributed by atoms with Crippen molar-refractivity contribution in [2.75, 3.05) is 12.4 Å². The van der Waals surface area contributed by atoms with Gasteiger partial charge in [-0.05, 0) is 24.6 Å². The lowest BCUT2D eigenvalue weighted by Crippen LogP contribution is -2.23. The molecule has 0 spiro atoms. The summed E-state index contributed by atoms with van der Waals surface area (Å²) in [5.74, 6) is 0.756. The van der Waals surface area contributed by atoms with E-state index in [4.69, 9.17) is 4.74 Å². The van der Waals surface area contributed by atoms with Gasteiger partial charge in [-0.1, -0.05) is 49.4 Å². The second-order valence-corrected chi connectivity index (χ2v) is 7.21.